The lowest BCUT2D eigenvalue weighted by molar-refractivity contribution is -0.142. The maximum atomic E-state index is 12.6. The Bertz CT molecular complexity index is 1380. The third-order valence-electron chi connectivity index (χ3n) is 5.82. The summed E-state index contributed by atoms with van der Waals surface area (Å²) in [7, 11) is 0. The second-order valence-electron chi connectivity index (χ2n) is 8.41. The van der Waals surface area contributed by atoms with Crippen molar-refractivity contribution in [3.63, 3.8) is 0 Å². The van der Waals surface area contributed by atoms with Gasteiger partial charge in [-0.2, -0.15) is 0 Å². The Morgan fingerprint density at radius 3 is 2.24 bits per heavy atom. The number of aromatic nitrogens is 1. The summed E-state index contributed by atoms with van der Waals surface area (Å²) in [5.41, 5.74) is 5.31. The third kappa shape index (κ3) is 6.37. The summed E-state index contributed by atoms with van der Waals surface area (Å²) in [6, 6.07) is 22.7. The van der Waals surface area contributed by atoms with Gasteiger partial charge in [0.1, 0.15) is 17.5 Å². The molecule has 8 heteroatoms. The molecule has 0 aliphatic rings. The molecule has 0 saturated carbocycles. The molecular weight excluding hydrogens is 492 g/mol. The molecule has 0 unspecified atom stereocenters. The molecule has 0 radical (unpaired) electrons. The molecule has 37 heavy (non-hydrogen) atoms. The summed E-state index contributed by atoms with van der Waals surface area (Å²) in [5, 5.41) is 7.42. The van der Waals surface area contributed by atoms with Crippen molar-refractivity contribution < 1.29 is 23.6 Å². The highest BCUT2D eigenvalue weighted by Crippen LogP contribution is 2.33. The molecular formula is C29H27ClN2O5. The van der Waals surface area contributed by atoms with Gasteiger partial charge in [0.05, 0.1) is 13.0 Å². The number of anilines is 1. The van der Waals surface area contributed by atoms with Crippen LogP contribution in [0.15, 0.2) is 77.3 Å². The van der Waals surface area contributed by atoms with E-state index in [1.165, 1.54) is 0 Å². The first kappa shape index (κ1) is 26.0. The number of benzene rings is 3. The van der Waals surface area contributed by atoms with Crippen molar-refractivity contribution in [1.29, 1.82) is 0 Å². The molecule has 0 bridgehead atoms. The number of esters is 1. The summed E-state index contributed by atoms with van der Waals surface area (Å²) in [6.07, 6.45) is -0.937. The lowest BCUT2D eigenvalue weighted by atomic mass is 10.0. The largest absolute Gasteiger partial charge is 0.466 e. The van der Waals surface area contributed by atoms with E-state index >= 15 is 0 Å². The Kier molecular flexibility index (Phi) is 8.25. The first-order valence-electron chi connectivity index (χ1n) is 11.9. The van der Waals surface area contributed by atoms with Gasteiger partial charge in [-0.1, -0.05) is 83.5 Å². The van der Waals surface area contributed by atoms with Gasteiger partial charge >= 0.3 is 12.1 Å². The number of rotatable bonds is 8. The molecule has 1 amide bonds. The number of hydrogen-bond acceptors (Lipinski definition) is 6. The highest BCUT2D eigenvalue weighted by molar-refractivity contribution is 6.31. The van der Waals surface area contributed by atoms with E-state index in [-0.39, 0.29) is 12.4 Å². The zero-order valence-corrected chi connectivity index (χ0v) is 21.5. The van der Waals surface area contributed by atoms with Crippen LogP contribution in [0.5, 0.6) is 0 Å². The third-order valence-corrected chi connectivity index (χ3v) is 6.16. The van der Waals surface area contributed by atoms with Crippen molar-refractivity contribution >= 4 is 29.4 Å². The number of carbonyl (C=O) groups excluding carboxylic acids is 2. The van der Waals surface area contributed by atoms with E-state index in [0.29, 0.717) is 34.3 Å². The topological polar surface area (TPSA) is 90.7 Å². The lowest BCUT2D eigenvalue weighted by Crippen LogP contribution is -2.17. The number of aryl methyl sites for hydroxylation is 1. The van der Waals surface area contributed by atoms with Crippen LogP contribution < -0.4 is 5.32 Å². The molecule has 0 aliphatic heterocycles. The second-order valence-corrected chi connectivity index (χ2v) is 8.82. The fourth-order valence-electron chi connectivity index (χ4n) is 3.89. The minimum atomic E-state index is -0.639. The molecule has 0 fully saturated rings. The van der Waals surface area contributed by atoms with Crippen molar-refractivity contribution in [2.45, 2.75) is 33.3 Å². The average molecular weight is 519 g/mol. The van der Waals surface area contributed by atoms with Gasteiger partial charge in [-0.3, -0.25) is 10.1 Å². The number of hydrogen-bond donors (Lipinski definition) is 1. The van der Waals surface area contributed by atoms with Crippen molar-refractivity contribution in [2.24, 2.45) is 0 Å². The van der Waals surface area contributed by atoms with Crippen LogP contribution in [0.3, 0.4) is 0 Å². The zero-order valence-electron chi connectivity index (χ0n) is 20.8. The van der Waals surface area contributed by atoms with Gasteiger partial charge in [-0.15, -0.1) is 0 Å². The van der Waals surface area contributed by atoms with Gasteiger partial charge in [0.2, 0.25) is 0 Å². The maximum absolute atomic E-state index is 12.6. The van der Waals surface area contributed by atoms with Gasteiger partial charge in [0.15, 0.2) is 5.76 Å². The van der Waals surface area contributed by atoms with Crippen molar-refractivity contribution in [3.05, 3.63) is 94.7 Å². The Labute approximate surface area is 220 Å². The fourth-order valence-corrected chi connectivity index (χ4v) is 4.18. The summed E-state index contributed by atoms with van der Waals surface area (Å²) in [6.45, 7) is 5.63. The smallest absolute Gasteiger partial charge is 0.412 e. The molecule has 4 rings (SSSR count). The van der Waals surface area contributed by atoms with E-state index in [1.807, 2.05) is 66.7 Å². The molecule has 0 aliphatic carbocycles. The van der Waals surface area contributed by atoms with Crippen molar-refractivity contribution in [3.8, 4) is 22.4 Å². The predicted molar refractivity (Wildman–Crippen MR) is 142 cm³/mol. The van der Waals surface area contributed by atoms with E-state index in [9.17, 15) is 9.59 Å². The standard InChI is InChI=1S/C29H27ClN2O5/c1-4-35-26(33)17-20-9-11-21(12-10-20)22-13-15-23(16-14-22)28-27(19(3)37-32-28)31-29(34)36-18(2)24-7-5-6-8-25(24)30/h5-16,18H,4,17H2,1-3H3,(H,31,34)/t18-/m1/s1. The van der Waals surface area contributed by atoms with Crippen LogP contribution in [0, 0.1) is 6.92 Å². The average Bonchev–Trinajstić information content (AvgIpc) is 3.24. The van der Waals surface area contributed by atoms with Crippen LogP contribution in [0.1, 0.15) is 36.8 Å². The van der Waals surface area contributed by atoms with Gasteiger partial charge in [0, 0.05) is 16.1 Å². The van der Waals surface area contributed by atoms with E-state index in [1.54, 1.807) is 26.8 Å². The molecule has 3 aromatic carbocycles. The quantitative estimate of drug-likeness (QED) is 0.245. The van der Waals surface area contributed by atoms with Gasteiger partial charge in [-0.05, 0) is 43.5 Å². The molecule has 1 N–H and O–H groups in total. The minimum Gasteiger partial charge on any atom is -0.466 e. The van der Waals surface area contributed by atoms with E-state index in [0.717, 1.165) is 22.3 Å². The predicted octanol–water partition coefficient (Wildman–Crippen LogP) is 7.39. The Morgan fingerprint density at radius 2 is 1.59 bits per heavy atom. The van der Waals surface area contributed by atoms with Crippen LogP contribution in [-0.2, 0) is 20.7 Å². The SMILES string of the molecule is CCOC(=O)Cc1ccc(-c2ccc(-c3noc(C)c3NC(=O)O[C@H](C)c3ccccc3Cl)cc2)cc1. The summed E-state index contributed by atoms with van der Waals surface area (Å²) < 4.78 is 15.9. The number of ether oxygens (including phenoxy) is 2. The summed E-state index contributed by atoms with van der Waals surface area (Å²) >= 11 is 6.22. The fraction of sp³-hybridized carbons (Fsp3) is 0.207. The second kappa shape index (κ2) is 11.8. The first-order valence-corrected chi connectivity index (χ1v) is 12.3. The Hall–Kier alpha value is -4.10. The van der Waals surface area contributed by atoms with Crippen LogP contribution in [-0.4, -0.2) is 23.8 Å². The van der Waals surface area contributed by atoms with E-state index in [2.05, 4.69) is 10.5 Å². The maximum Gasteiger partial charge on any atom is 0.412 e. The van der Waals surface area contributed by atoms with Crippen LogP contribution in [0.2, 0.25) is 5.02 Å². The Balaban J connectivity index is 1.45. The van der Waals surface area contributed by atoms with Crippen LogP contribution >= 0.6 is 11.6 Å². The summed E-state index contributed by atoms with van der Waals surface area (Å²) in [4.78, 5) is 24.3. The van der Waals surface area contributed by atoms with Gasteiger partial charge in [0.25, 0.3) is 0 Å². The number of nitrogens with zero attached hydrogens (tertiary/aromatic N) is 1. The van der Waals surface area contributed by atoms with Crippen LogP contribution in [0.25, 0.3) is 22.4 Å². The molecule has 190 valence electrons. The van der Waals surface area contributed by atoms with Gasteiger partial charge in [-0.25, -0.2) is 4.79 Å². The molecule has 4 aromatic rings. The number of nitrogens with one attached hydrogen (secondary N) is 1. The molecule has 1 heterocycles. The van der Waals surface area contributed by atoms with Crippen LogP contribution in [0.4, 0.5) is 10.5 Å². The number of carbonyl (C=O) groups is 2. The first-order chi connectivity index (χ1) is 17.9. The highest BCUT2D eigenvalue weighted by atomic mass is 35.5. The zero-order chi connectivity index (χ0) is 26.4. The van der Waals surface area contributed by atoms with E-state index in [4.69, 9.17) is 25.6 Å². The normalized spacial score (nSPS) is 11.6. The minimum absolute atomic E-state index is 0.242. The number of halogens is 1. The molecule has 1 atom stereocenters. The Morgan fingerprint density at radius 1 is 0.973 bits per heavy atom. The van der Waals surface area contributed by atoms with Crippen molar-refractivity contribution in [2.75, 3.05) is 11.9 Å². The lowest BCUT2D eigenvalue weighted by Gasteiger charge is -2.15. The van der Waals surface area contributed by atoms with E-state index < -0.39 is 12.2 Å². The van der Waals surface area contributed by atoms with Crippen molar-refractivity contribution in [1.82, 2.24) is 5.16 Å². The molecule has 0 spiro atoms. The summed E-state index contributed by atoms with van der Waals surface area (Å²) in [5.74, 6) is 0.215. The molecule has 7 nitrogen and oxygen atoms in total. The monoisotopic (exact) mass is 518 g/mol. The van der Waals surface area contributed by atoms with Gasteiger partial charge < -0.3 is 14.0 Å². The number of amides is 1. The highest BCUT2D eigenvalue weighted by Gasteiger charge is 2.20. The molecule has 1 aromatic heterocycles. The molecule has 0 saturated heterocycles.